The molecule has 3 aromatic rings. The minimum atomic E-state index is -0.343. The van der Waals surface area contributed by atoms with Crippen LogP contribution in [0.15, 0.2) is 47.6 Å². The molecule has 180 valence electrons. The van der Waals surface area contributed by atoms with Crippen LogP contribution in [0.3, 0.4) is 0 Å². The van der Waals surface area contributed by atoms with Gasteiger partial charge in [-0.1, -0.05) is 43.8 Å². The van der Waals surface area contributed by atoms with Gasteiger partial charge in [0.05, 0.1) is 18.9 Å². The number of ether oxygens (including phenoxy) is 1. The molecule has 2 amide bonds. The predicted molar refractivity (Wildman–Crippen MR) is 134 cm³/mol. The fraction of sp³-hybridized carbons (Fsp3) is 0.360. The van der Waals surface area contributed by atoms with E-state index in [2.05, 4.69) is 20.8 Å². The zero-order valence-electron chi connectivity index (χ0n) is 20.4. The third-order valence-electron chi connectivity index (χ3n) is 5.53. The van der Waals surface area contributed by atoms with Gasteiger partial charge in [-0.05, 0) is 55.2 Å². The maximum Gasteiger partial charge on any atom is 0.251 e. The smallest absolute Gasteiger partial charge is 0.251 e. The van der Waals surface area contributed by atoms with E-state index in [4.69, 9.17) is 4.74 Å². The van der Waals surface area contributed by atoms with Crippen LogP contribution in [-0.2, 0) is 11.8 Å². The molecule has 3 rings (SSSR count). The first-order chi connectivity index (χ1) is 16.2. The van der Waals surface area contributed by atoms with Gasteiger partial charge < -0.3 is 19.9 Å². The summed E-state index contributed by atoms with van der Waals surface area (Å²) in [6.45, 7) is 7.96. The predicted octanol–water partition coefficient (Wildman–Crippen LogP) is 4.30. The van der Waals surface area contributed by atoms with E-state index < -0.39 is 0 Å². The maximum atomic E-state index is 12.8. The Hall–Kier alpha value is -3.33. The Morgan fingerprint density at radius 3 is 2.29 bits per heavy atom. The average molecular weight is 482 g/mol. The van der Waals surface area contributed by atoms with Gasteiger partial charge in [-0.3, -0.25) is 9.59 Å². The monoisotopic (exact) mass is 481 g/mol. The minimum absolute atomic E-state index is 0.0790. The molecule has 0 saturated heterocycles. The van der Waals surface area contributed by atoms with E-state index in [0.29, 0.717) is 22.3 Å². The normalized spacial score (nSPS) is 11.9. The highest BCUT2D eigenvalue weighted by Gasteiger charge is 2.25. The van der Waals surface area contributed by atoms with E-state index in [1.54, 1.807) is 31.4 Å². The number of para-hydroxylation sites is 1. The summed E-state index contributed by atoms with van der Waals surface area (Å²) in [6.07, 6.45) is 0. The van der Waals surface area contributed by atoms with Crippen molar-refractivity contribution in [1.29, 1.82) is 0 Å². The molecule has 1 aromatic heterocycles. The highest BCUT2D eigenvalue weighted by atomic mass is 32.2. The van der Waals surface area contributed by atoms with Crippen molar-refractivity contribution in [2.75, 3.05) is 18.2 Å². The quantitative estimate of drug-likeness (QED) is 0.442. The number of hydrogen-bond acceptors (Lipinski definition) is 6. The summed E-state index contributed by atoms with van der Waals surface area (Å²) in [6, 6.07) is 12.5. The minimum Gasteiger partial charge on any atom is -0.497 e. The molecule has 9 heteroatoms. The lowest BCUT2D eigenvalue weighted by atomic mass is 10.0. The largest absolute Gasteiger partial charge is 0.497 e. The molecule has 1 atom stereocenters. The number of nitrogens with one attached hydrogen (secondary N) is 2. The number of nitrogens with zero attached hydrogens (tertiary/aromatic N) is 3. The zero-order valence-corrected chi connectivity index (χ0v) is 21.2. The SMILES string of the molecule is COc1ccc(C(=O)NC(c2nnc(SCC(=O)Nc3c(C)cccc3C)n2C)C(C)C)cc1. The molecule has 8 nitrogen and oxygen atoms in total. The topological polar surface area (TPSA) is 98.1 Å². The van der Waals surface area contributed by atoms with Gasteiger partial charge in [0.1, 0.15) is 5.75 Å². The lowest BCUT2D eigenvalue weighted by Crippen LogP contribution is -2.33. The molecular formula is C25H31N5O3S. The summed E-state index contributed by atoms with van der Waals surface area (Å²) in [4.78, 5) is 25.4. The number of carbonyl (C=O) groups excluding carboxylic acids is 2. The second kappa shape index (κ2) is 11.2. The first-order valence-corrected chi connectivity index (χ1v) is 12.0. The number of hydrogen-bond donors (Lipinski definition) is 2. The van der Waals surface area contributed by atoms with Crippen LogP contribution in [0.4, 0.5) is 5.69 Å². The average Bonchev–Trinajstić information content (AvgIpc) is 3.18. The molecule has 2 aromatic carbocycles. The summed E-state index contributed by atoms with van der Waals surface area (Å²) in [5.41, 5.74) is 3.41. The number of methoxy groups -OCH3 is 1. The number of amides is 2. The maximum absolute atomic E-state index is 12.8. The van der Waals surface area contributed by atoms with Gasteiger partial charge in [-0.15, -0.1) is 10.2 Å². The van der Waals surface area contributed by atoms with Crippen molar-refractivity contribution in [3.63, 3.8) is 0 Å². The van der Waals surface area contributed by atoms with E-state index in [0.717, 1.165) is 16.8 Å². The number of thioether (sulfide) groups is 1. The molecule has 1 heterocycles. The van der Waals surface area contributed by atoms with E-state index in [1.807, 2.05) is 57.5 Å². The number of rotatable bonds is 9. The van der Waals surface area contributed by atoms with E-state index in [-0.39, 0.29) is 29.5 Å². The fourth-order valence-electron chi connectivity index (χ4n) is 3.54. The molecule has 0 fully saturated rings. The van der Waals surface area contributed by atoms with Crippen LogP contribution in [0.2, 0.25) is 0 Å². The Bertz CT molecular complexity index is 1140. The molecule has 34 heavy (non-hydrogen) atoms. The Balaban J connectivity index is 1.67. The van der Waals surface area contributed by atoms with Crippen molar-refractivity contribution in [2.24, 2.45) is 13.0 Å². The number of benzene rings is 2. The Morgan fingerprint density at radius 2 is 1.71 bits per heavy atom. The van der Waals surface area contributed by atoms with Crippen molar-refractivity contribution in [1.82, 2.24) is 20.1 Å². The number of anilines is 1. The van der Waals surface area contributed by atoms with E-state index in [9.17, 15) is 9.59 Å². The fourth-order valence-corrected chi connectivity index (χ4v) is 4.25. The number of aromatic nitrogens is 3. The molecule has 0 radical (unpaired) electrons. The summed E-state index contributed by atoms with van der Waals surface area (Å²) >= 11 is 1.31. The highest BCUT2D eigenvalue weighted by molar-refractivity contribution is 7.99. The van der Waals surface area contributed by atoms with Gasteiger partial charge in [0, 0.05) is 18.3 Å². The van der Waals surface area contributed by atoms with Gasteiger partial charge in [0.2, 0.25) is 5.91 Å². The summed E-state index contributed by atoms with van der Waals surface area (Å²) in [7, 11) is 3.43. The Morgan fingerprint density at radius 1 is 1.06 bits per heavy atom. The highest BCUT2D eigenvalue weighted by Crippen LogP contribution is 2.25. The van der Waals surface area contributed by atoms with Crippen molar-refractivity contribution in [3.8, 4) is 5.75 Å². The van der Waals surface area contributed by atoms with Crippen LogP contribution in [0, 0.1) is 19.8 Å². The van der Waals surface area contributed by atoms with Crippen LogP contribution in [0.1, 0.15) is 47.2 Å². The summed E-state index contributed by atoms with van der Waals surface area (Å²) < 4.78 is 6.99. The summed E-state index contributed by atoms with van der Waals surface area (Å²) in [5, 5.41) is 15.2. The lowest BCUT2D eigenvalue weighted by molar-refractivity contribution is -0.113. The summed E-state index contributed by atoms with van der Waals surface area (Å²) in [5.74, 6) is 1.29. The molecule has 0 spiro atoms. The van der Waals surface area contributed by atoms with Crippen molar-refractivity contribution >= 4 is 29.3 Å². The molecule has 0 saturated carbocycles. The number of carbonyl (C=O) groups is 2. The van der Waals surface area contributed by atoms with Crippen molar-refractivity contribution in [2.45, 2.75) is 38.9 Å². The molecule has 2 N–H and O–H groups in total. The van der Waals surface area contributed by atoms with Crippen LogP contribution in [0.5, 0.6) is 5.75 Å². The van der Waals surface area contributed by atoms with Crippen molar-refractivity contribution < 1.29 is 14.3 Å². The second-order valence-corrected chi connectivity index (χ2v) is 9.37. The lowest BCUT2D eigenvalue weighted by Gasteiger charge is -2.21. The molecule has 0 bridgehead atoms. The third-order valence-corrected chi connectivity index (χ3v) is 6.55. The zero-order chi connectivity index (χ0) is 24.8. The molecule has 0 aliphatic carbocycles. The van der Waals surface area contributed by atoms with Gasteiger partial charge in [0.25, 0.3) is 5.91 Å². The first-order valence-electron chi connectivity index (χ1n) is 11.0. The van der Waals surface area contributed by atoms with Gasteiger partial charge >= 0.3 is 0 Å². The molecule has 0 aliphatic heterocycles. The van der Waals surface area contributed by atoms with Crippen LogP contribution >= 0.6 is 11.8 Å². The third kappa shape index (κ3) is 5.96. The van der Waals surface area contributed by atoms with Crippen LogP contribution in [0.25, 0.3) is 0 Å². The molecule has 1 unspecified atom stereocenters. The van der Waals surface area contributed by atoms with Gasteiger partial charge in [0.15, 0.2) is 11.0 Å². The van der Waals surface area contributed by atoms with Gasteiger partial charge in [-0.2, -0.15) is 0 Å². The van der Waals surface area contributed by atoms with E-state index >= 15 is 0 Å². The Labute approximate surface area is 204 Å². The first kappa shape index (κ1) is 25.3. The van der Waals surface area contributed by atoms with Crippen LogP contribution < -0.4 is 15.4 Å². The number of aryl methyl sites for hydroxylation is 2. The van der Waals surface area contributed by atoms with E-state index in [1.165, 1.54) is 11.8 Å². The molecular weight excluding hydrogens is 450 g/mol. The van der Waals surface area contributed by atoms with Crippen LogP contribution in [-0.4, -0.2) is 39.4 Å². The standard InChI is InChI=1S/C25H31N5O3S/c1-15(2)21(27-24(32)18-10-12-19(33-6)13-11-18)23-28-29-25(30(23)5)34-14-20(31)26-22-16(3)8-7-9-17(22)4/h7-13,15,21H,14H2,1-6H3,(H,26,31)(H,27,32). The molecule has 0 aliphatic rings. The Kier molecular flexibility index (Phi) is 8.33. The van der Waals surface area contributed by atoms with Gasteiger partial charge in [-0.25, -0.2) is 0 Å². The van der Waals surface area contributed by atoms with Crippen molar-refractivity contribution in [3.05, 3.63) is 65.0 Å². The second-order valence-electron chi connectivity index (χ2n) is 8.43.